The van der Waals surface area contributed by atoms with Crippen molar-refractivity contribution in [2.24, 2.45) is 0 Å². The van der Waals surface area contributed by atoms with Crippen LogP contribution in [0.4, 0.5) is 4.79 Å². The van der Waals surface area contributed by atoms with Crippen molar-refractivity contribution in [2.45, 2.75) is 25.4 Å². The number of hydrogen-bond acceptors (Lipinski definition) is 2. The lowest BCUT2D eigenvalue weighted by atomic mass is 10.2. The molecule has 98 valence electrons. The number of amides is 1. The Kier molecular flexibility index (Phi) is 3.25. The van der Waals surface area contributed by atoms with Crippen LogP contribution in [-0.2, 0) is 6.54 Å². The minimum atomic E-state index is -0.0186. The zero-order valence-electron chi connectivity index (χ0n) is 10.4. The summed E-state index contributed by atoms with van der Waals surface area (Å²) >= 11 is 5.87. The lowest BCUT2D eigenvalue weighted by molar-refractivity contribution is 0.193. The fourth-order valence-corrected chi connectivity index (χ4v) is 2.17. The molecule has 0 radical (unpaired) electrons. The third kappa shape index (κ3) is 2.79. The highest BCUT2D eigenvalue weighted by Gasteiger charge is 2.33. The van der Waals surface area contributed by atoms with E-state index < -0.39 is 0 Å². The van der Waals surface area contributed by atoms with Crippen LogP contribution in [0.2, 0.25) is 5.02 Å². The van der Waals surface area contributed by atoms with Crippen LogP contribution in [0.15, 0.2) is 43.0 Å². The van der Waals surface area contributed by atoms with Gasteiger partial charge in [0.25, 0.3) is 0 Å². The molecule has 0 atom stereocenters. The fourth-order valence-electron chi connectivity index (χ4n) is 2.05. The van der Waals surface area contributed by atoms with Gasteiger partial charge in [-0.15, -0.1) is 0 Å². The molecule has 1 amide bonds. The van der Waals surface area contributed by atoms with Gasteiger partial charge in [-0.25, -0.2) is 9.78 Å². The third-order valence-electron chi connectivity index (χ3n) is 3.22. The molecule has 0 bridgehead atoms. The second-order valence-electron chi connectivity index (χ2n) is 4.74. The highest BCUT2D eigenvalue weighted by atomic mass is 35.5. The summed E-state index contributed by atoms with van der Waals surface area (Å²) in [5.74, 6) is 0. The molecule has 1 aromatic heterocycles. The second-order valence-corrected chi connectivity index (χ2v) is 5.17. The normalized spacial score (nSPS) is 14.4. The molecule has 1 aromatic carbocycles. The van der Waals surface area contributed by atoms with Crippen molar-refractivity contribution in [1.82, 2.24) is 14.5 Å². The number of carbonyl (C=O) groups excluding carboxylic acids is 1. The molecule has 1 fully saturated rings. The number of hydrogen-bond donors (Lipinski definition) is 0. The quantitative estimate of drug-likeness (QED) is 0.863. The van der Waals surface area contributed by atoms with E-state index in [9.17, 15) is 4.79 Å². The van der Waals surface area contributed by atoms with Gasteiger partial charge < -0.3 is 4.90 Å². The monoisotopic (exact) mass is 275 g/mol. The summed E-state index contributed by atoms with van der Waals surface area (Å²) in [4.78, 5) is 18.2. The topological polar surface area (TPSA) is 38.1 Å². The molecule has 2 aromatic rings. The highest BCUT2D eigenvalue weighted by Crippen LogP contribution is 2.29. The Balaban J connectivity index is 1.78. The molecule has 1 heterocycles. The molecule has 0 aliphatic heterocycles. The van der Waals surface area contributed by atoms with E-state index >= 15 is 0 Å². The Bertz CT molecular complexity index is 561. The zero-order chi connectivity index (χ0) is 13.2. The van der Waals surface area contributed by atoms with Gasteiger partial charge in [0.05, 0.1) is 0 Å². The Hall–Kier alpha value is -1.81. The summed E-state index contributed by atoms with van der Waals surface area (Å²) in [6.07, 6.45) is 6.99. The maximum absolute atomic E-state index is 12.4. The molecule has 0 unspecified atom stereocenters. The summed E-state index contributed by atoms with van der Waals surface area (Å²) in [6, 6.07) is 7.95. The van der Waals surface area contributed by atoms with E-state index in [-0.39, 0.29) is 6.03 Å². The SMILES string of the molecule is O=C(N(Cc1ccc(Cl)cc1)C1CC1)n1ccnc1. The molecule has 19 heavy (non-hydrogen) atoms. The Morgan fingerprint density at radius 3 is 2.68 bits per heavy atom. The first-order valence-corrected chi connectivity index (χ1v) is 6.65. The number of imidazole rings is 1. The van der Waals surface area contributed by atoms with E-state index in [0.29, 0.717) is 17.6 Å². The van der Waals surface area contributed by atoms with Crippen LogP contribution in [0.1, 0.15) is 18.4 Å². The molecule has 0 spiro atoms. The van der Waals surface area contributed by atoms with Crippen molar-refractivity contribution >= 4 is 17.6 Å². The maximum atomic E-state index is 12.4. The number of aromatic nitrogens is 2. The summed E-state index contributed by atoms with van der Waals surface area (Å²) in [7, 11) is 0. The molecule has 0 saturated heterocycles. The minimum absolute atomic E-state index is 0.0186. The van der Waals surface area contributed by atoms with Crippen LogP contribution in [-0.4, -0.2) is 26.5 Å². The van der Waals surface area contributed by atoms with Gasteiger partial charge in [-0.05, 0) is 30.5 Å². The van der Waals surface area contributed by atoms with Crippen LogP contribution in [0.3, 0.4) is 0 Å². The van der Waals surface area contributed by atoms with E-state index in [0.717, 1.165) is 18.4 Å². The van der Waals surface area contributed by atoms with E-state index in [1.165, 1.54) is 4.57 Å². The van der Waals surface area contributed by atoms with Crippen LogP contribution < -0.4 is 0 Å². The van der Waals surface area contributed by atoms with Gasteiger partial charge in [-0.3, -0.25) is 4.57 Å². The minimum Gasteiger partial charge on any atom is -0.317 e. The average Bonchev–Trinajstić information content (AvgIpc) is 3.11. The Morgan fingerprint density at radius 2 is 2.11 bits per heavy atom. The summed E-state index contributed by atoms with van der Waals surface area (Å²) in [6.45, 7) is 0.610. The van der Waals surface area contributed by atoms with Gasteiger partial charge >= 0.3 is 6.03 Å². The van der Waals surface area contributed by atoms with Crippen molar-refractivity contribution in [2.75, 3.05) is 0 Å². The van der Waals surface area contributed by atoms with Crippen LogP contribution in [0, 0.1) is 0 Å². The largest absolute Gasteiger partial charge is 0.329 e. The van der Waals surface area contributed by atoms with E-state index in [2.05, 4.69) is 4.98 Å². The van der Waals surface area contributed by atoms with Gasteiger partial charge in [0.1, 0.15) is 6.33 Å². The summed E-state index contributed by atoms with van der Waals surface area (Å²) in [5, 5.41) is 0.711. The number of rotatable bonds is 3. The third-order valence-corrected chi connectivity index (χ3v) is 3.48. The maximum Gasteiger partial charge on any atom is 0.329 e. The predicted octanol–water partition coefficient (Wildman–Crippen LogP) is 3.17. The van der Waals surface area contributed by atoms with Crippen molar-refractivity contribution < 1.29 is 4.79 Å². The molecule has 0 N–H and O–H groups in total. The lowest BCUT2D eigenvalue weighted by Crippen LogP contribution is -2.35. The molecule has 4 nitrogen and oxygen atoms in total. The predicted molar refractivity (Wildman–Crippen MR) is 73.0 cm³/mol. The van der Waals surface area contributed by atoms with Gasteiger partial charge in [-0.1, -0.05) is 23.7 Å². The average molecular weight is 276 g/mol. The van der Waals surface area contributed by atoms with E-state index in [1.54, 1.807) is 18.7 Å². The Morgan fingerprint density at radius 1 is 1.37 bits per heavy atom. The first kappa shape index (κ1) is 12.2. The van der Waals surface area contributed by atoms with E-state index in [4.69, 9.17) is 11.6 Å². The number of nitrogens with zero attached hydrogens (tertiary/aromatic N) is 3. The number of benzene rings is 1. The van der Waals surface area contributed by atoms with E-state index in [1.807, 2.05) is 29.2 Å². The molecule has 3 rings (SSSR count). The van der Waals surface area contributed by atoms with Gasteiger partial charge in [0.2, 0.25) is 0 Å². The summed E-state index contributed by atoms with van der Waals surface area (Å²) < 4.78 is 1.52. The smallest absolute Gasteiger partial charge is 0.317 e. The standard InChI is InChI=1S/C14H14ClN3O/c15-12-3-1-11(2-4-12)9-18(13-5-6-13)14(19)17-8-7-16-10-17/h1-4,7-8,10,13H,5-6,9H2. The summed E-state index contributed by atoms with van der Waals surface area (Å²) in [5.41, 5.74) is 1.09. The Labute approximate surface area is 116 Å². The first-order chi connectivity index (χ1) is 9.24. The molecule has 1 aliphatic rings. The zero-order valence-corrected chi connectivity index (χ0v) is 11.1. The van der Waals surface area contributed by atoms with Gasteiger partial charge in [0.15, 0.2) is 0 Å². The molecule has 5 heteroatoms. The fraction of sp³-hybridized carbons (Fsp3) is 0.286. The second kappa shape index (κ2) is 5.05. The molecule has 1 saturated carbocycles. The van der Waals surface area contributed by atoms with Gasteiger partial charge in [-0.2, -0.15) is 0 Å². The van der Waals surface area contributed by atoms with Crippen LogP contribution in [0.5, 0.6) is 0 Å². The van der Waals surface area contributed by atoms with Crippen molar-refractivity contribution in [3.63, 3.8) is 0 Å². The number of halogens is 1. The molecule has 1 aliphatic carbocycles. The first-order valence-electron chi connectivity index (χ1n) is 6.27. The van der Waals surface area contributed by atoms with Gasteiger partial charge in [0, 0.05) is 30.0 Å². The van der Waals surface area contributed by atoms with Crippen molar-refractivity contribution in [3.8, 4) is 0 Å². The molecular weight excluding hydrogens is 262 g/mol. The van der Waals surface area contributed by atoms with Crippen molar-refractivity contribution in [1.29, 1.82) is 0 Å². The lowest BCUT2D eigenvalue weighted by Gasteiger charge is -2.22. The van der Waals surface area contributed by atoms with Crippen molar-refractivity contribution in [3.05, 3.63) is 53.6 Å². The van der Waals surface area contributed by atoms with Crippen LogP contribution in [0.25, 0.3) is 0 Å². The number of carbonyl (C=O) groups is 1. The molecular formula is C14H14ClN3O. The van der Waals surface area contributed by atoms with Crippen LogP contribution >= 0.6 is 11.6 Å². The highest BCUT2D eigenvalue weighted by molar-refractivity contribution is 6.30.